The summed E-state index contributed by atoms with van der Waals surface area (Å²) in [7, 11) is 0. The Bertz CT molecular complexity index is 1250. The van der Waals surface area contributed by atoms with E-state index in [1.54, 1.807) is 12.3 Å². The third-order valence-electron chi connectivity index (χ3n) is 8.73. The van der Waals surface area contributed by atoms with Crippen LogP contribution in [0.5, 0.6) is 5.75 Å². The van der Waals surface area contributed by atoms with E-state index in [9.17, 15) is 0 Å². The van der Waals surface area contributed by atoms with Crippen LogP contribution < -0.4 is 15.5 Å². The molecule has 0 amide bonds. The molecule has 1 aliphatic carbocycles. The van der Waals surface area contributed by atoms with Gasteiger partial charge in [-0.25, -0.2) is 9.78 Å². The van der Waals surface area contributed by atoms with Crippen LogP contribution >= 0.6 is 23.8 Å². The number of hydrazone groups is 1. The fourth-order valence-electron chi connectivity index (χ4n) is 6.65. The third kappa shape index (κ3) is 5.05. The molecule has 0 radical (unpaired) electrons. The number of ether oxygens (including phenoxy) is 3. The first-order valence-corrected chi connectivity index (χ1v) is 14.4. The van der Waals surface area contributed by atoms with E-state index in [1.807, 2.05) is 49.4 Å². The van der Waals surface area contributed by atoms with E-state index in [0.29, 0.717) is 33.4 Å². The maximum atomic E-state index is 6.52. The second-order valence-electron chi connectivity index (χ2n) is 11.3. The van der Waals surface area contributed by atoms with E-state index >= 15 is 0 Å². The van der Waals surface area contributed by atoms with E-state index in [-0.39, 0.29) is 11.8 Å². The van der Waals surface area contributed by atoms with Gasteiger partial charge in [0.05, 0.1) is 16.9 Å². The van der Waals surface area contributed by atoms with Crippen LogP contribution in [0.2, 0.25) is 5.02 Å². The number of thiocarbonyl (C=S) groups is 1. The number of fused-ring (bicyclic) bond motifs is 2. The molecule has 10 heteroatoms. The zero-order valence-electron chi connectivity index (χ0n) is 22.3. The van der Waals surface area contributed by atoms with Crippen LogP contribution in [0.15, 0.2) is 53.6 Å². The highest BCUT2D eigenvalue weighted by Gasteiger charge is 2.69. The van der Waals surface area contributed by atoms with E-state index in [4.69, 9.17) is 47.8 Å². The molecule has 5 aliphatic rings. The molecule has 5 fully saturated rings. The molecule has 39 heavy (non-hydrogen) atoms. The number of nitrogens with one attached hydrogen (secondary N) is 2. The highest BCUT2D eigenvalue weighted by molar-refractivity contribution is 7.80. The number of hydrogen-bond donors (Lipinski definition) is 2. The number of rotatable bonds is 5. The van der Waals surface area contributed by atoms with Gasteiger partial charge in [0.2, 0.25) is 12.1 Å². The lowest BCUT2D eigenvalue weighted by molar-refractivity contribution is -0.575. The van der Waals surface area contributed by atoms with Crippen LogP contribution in [0, 0.1) is 23.7 Å². The Hall–Kier alpha value is -2.27. The summed E-state index contributed by atoms with van der Waals surface area (Å²) in [4.78, 5) is 12.1. The average molecular weight is 572 g/mol. The Balaban J connectivity index is 1.10. The van der Waals surface area contributed by atoms with Gasteiger partial charge in [0.15, 0.2) is 17.0 Å². The molecule has 2 N–H and O–H groups in total. The number of para-hydroxylation sites is 1. The quantitative estimate of drug-likeness (QED) is 0.189. The van der Waals surface area contributed by atoms with Gasteiger partial charge in [-0.2, -0.15) is 5.10 Å². The van der Waals surface area contributed by atoms with Crippen LogP contribution in [0.25, 0.3) is 0 Å². The van der Waals surface area contributed by atoms with Crippen molar-refractivity contribution in [1.82, 2.24) is 5.43 Å². The van der Waals surface area contributed by atoms with Gasteiger partial charge in [0.25, 0.3) is 0 Å². The molecule has 0 aromatic heterocycles. The molecule has 8 atom stereocenters. The summed E-state index contributed by atoms with van der Waals surface area (Å²) < 4.78 is 19.3. The molecule has 4 heterocycles. The molecule has 4 saturated heterocycles. The minimum Gasteiger partial charge on any atom is -0.465 e. The molecule has 8 nitrogen and oxygen atoms in total. The third-order valence-corrected chi connectivity index (χ3v) is 9.25. The topological polar surface area (TPSA) is 82.6 Å². The molecule has 7 rings (SSSR count). The van der Waals surface area contributed by atoms with Gasteiger partial charge in [0, 0.05) is 18.3 Å². The van der Waals surface area contributed by atoms with Gasteiger partial charge in [-0.15, -0.1) is 0 Å². The molecule has 2 bridgehead atoms. The molecule has 208 valence electrons. The summed E-state index contributed by atoms with van der Waals surface area (Å²) in [5.74, 6) is 1.08. The number of benzene rings is 2. The van der Waals surface area contributed by atoms with Crippen molar-refractivity contribution in [2.75, 3.05) is 5.32 Å². The first-order chi connectivity index (χ1) is 18.8. The summed E-state index contributed by atoms with van der Waals surface area (Å²) >= 11 is 11.4. The average Bonchev–Trinajstić information content (AvgIpc) is 3.15. The number of anilines is 1. The van der Waals surface area contributed by atoms with Gasteiger partial charge in [0.1, 0.15) is 5.75 Å². The monoisotopic (exact) mass is 571 g/mol. The zero-order valence-corrected chi connectivity index (χ0v) is 23.8. The molecular weight excluding hydrogens is 538 g/mol. The van der Waals surface area contributed by atoms with Crippen LogP contribution in [0.1, 0.15) is 52.0 Å². The van der Waals surface area contributed by atoms with Crippen LogP contribution in [-0.4, -0.2) is 35.3 Å². The number of nitrogens with zero attached hydrogens (tertiary/aromatic N) is 1. The van der Waals surface area contributed by atoms with Gasteiger partial charge < -0.3 is 19.5 Å². The van der Waals surface area contributed by atoms with Crippen LogP contribution in [0.3, 0.4) is 0 Å². The van der Waals surface area contributed by atoms with Gasteiger partial charge in [-0.1, -0.05) is 37.6 Å². The van der Waals surface area contributed by atoms with Crippen molar-refractivity contribution in [2.24, 2.45) is 28.8 Å². The Morgan fingerprint density at radius 3 is 2.67 bits per heavy atom. The molecule has 2 aromatic rings. The van der Waals surface area contributed by atoms with Crippen molar-refractivity contribution in [3.8, 4) is 5.75 Å². The number of hydrogen-bond acceptors (Lipinski definition) is 7. The van der Waals surface area contributed by atoms with E-state index in [0.717, 1.165) is 31.2 Å². The smallest absolute Gasteiger partial charge is 0.205 e. The van der Waals surface area contributed by atoms with Gasteiger partial charge >= 0.3 is 0 Å². The summed E-state index contributed by atoms with van der Waals surface area (Å²) in [5, 5.41) is 8.17. The van der Waals surface area contributed by atoms with Crippen molar-refractivity contribution in [3.05, 3.63) is 59.1 Å². The van der Waals surface area contributed by atoms with E-state index in [2.05, 4.69) is 29.7 Å². The highest BCUT2D eigenvalue weighted by Crippen LogP contribution is 2.60. The van der Waals surface area contributed by atoms with E-state index in [1.165, 1.54) is 0 Å². The molecule has 1 saturated carbocycles. The summed E-state index contributed by atoms with van der Waals surface area (Å²) in [5.41, 5.74) is 3.81. The lowest BCUT2D eigenvalue weighted by Crippen LogP contribution is -2.70. The van der Waals surface area contributed by atoms with Crippen molar-refractivity contribution >= 4 is 40.8 Å². The van der Waals surface area contributed by atoms with E-state index < -0.39 is 24.0 Å². The maximum Gasteiger partial charge on any atom is 0.205 e. The second kappa shape index (κ2) is 10.6. The Morgan fingerprint density at radius 2 is 1.87 bits per heavy atom. The Morgan fingerprint density at radius 1 is 1.08 bits per heavy atom. The summed E-state index contributed by atoms with van der Waals surface area (Å²) in [6.07, 6.45) is 4.67. The largest absolute Gasteiger partial charge is 0.465 e. The molecule has 1 unspecified atom stereocenters. The molecular formula is C29H34ClN3O5S. The minimum absolute atomic E-state index is 0.1000. The molecule has 1 spiro atoms. The minimum atomic E-state index is -0.803. The summed E-state index contributed by atoms with van der Waals surface area (Å²) in [6.45, 7) is 6.43. The van der Waals surface area contributed by atoms with Gasteiger partial charge in [-0.3, -0.25) is 5.43 Å². The molecule has 2 aromatic carbocycles. The normalized spacial score (nSPS) is 37.1. The predicted molar refractivity (Wildman–Crippen MR) is 152 cm³/mol. The van der Waals surface area contributed by atoms with Gasteiger partial charge in [-0.05, 0) is 92.2 Å². The Labute approximate surface area is 239 Å². The first kappa shape index (κ1) is 26.9. The van der Waals surface area contributed by atoms with Crippen molar-refractivity contribution < 1.29 is 24.0 Å². The second-order valence-corrected chi connectivity index (χ2v) is 12.1. The van der Waals surface area contributed by atoms with Crippen molar-refractivity contribution in [2.45, 2.75) is 70.4 Å². The van der Waals surface area contributed by atoms with Crippen LogP contribution in [-0.2, 0) is 19.2 Å². The maximum absolute atomic E-state index is 6.52. The summed E-state index contributed by atoms with van der Waals surface area (Å²) in [6, 6.07) is 15.1. The SMILES string of the molecule is C[C@H]1[C@@H](Oc2ccc(/C=N/NC(=S)Nc3ccccc3Cl)cc2)OC2O[C@]3(C)CC[C@H]4[C@H](C)CC[C@@H]1[C@@]24OO3. The predicted octanol–water partition coefficient (Wildman–Crippen LogP) is 6.25. The Kier molecular flexibility index (Phi) is 7.33. The van der Waals surface area contributed by atoms with Crippen LogP contribution in [0.4, 0.5) is 5.69 Å². The highest BCUT2D eigenvalue weighted by atomic mass is 35.5. The lowest BCUT2D eigenvalue weighted by atomic mass is 9.58. The number of halogens is 1. The first-order valence-electron chi connectivity index (χ1n) is 13.6. The fraction of sp³-hybridized carbons (Fsp3) is 0.517. The van der Waals surface area contributed by atoms with Crippen molar-refractivity contribution in [3.63, 3.8) is 0 Å². The lowest BCUT2D eigenvalue weighted by Gasteiger charge is -2.60. The molecule has 4 aliphatic heterocycles. The zero-order chi connectivity index (χ0) is 27.2. The fourth-order valence-corrected chi connectivity index (χ4v) is 7.00. The standard InChI is InChI=1S/C29H34ClN3O5S/c1-17-8-13-22-18(2)25(35-26-29(22)21(17)14-15-28(3,36-26)37-38-29)34-20-11-9-19(10-12-20)16-31-33-27(39)32-24-7-5-4-6-23(24)30/h4-7,9-12,16-18,21-22,25-26H,8,13-15H2,1-3H3,(H2,32,33,39)/b31-16+/t17-,18-,21+,22+,25+,26?,28+,29-/m1/s1. The van der Waals surface area contributed by atoms with Crippen molar-refractivity contribution in [1.29, 1.82) is 0 Å².